The van der Waals surface area contributed by atoms with Crippen LogP contribution < -0.4 is 5.32 Å². The van der Waals surface area contributed by atoms with E-state index >= 15 is 0 Å². The van der Waals surface area contributed by atoms with Crippen molar-refractivity contribution in [3.05, 3.63) is 54.6 Å². The number of carbonyl (C=O) groups is 3. The molecule has 27 heavy (non-hydrogen) atoms. The lowest BCUT2D eigenvalue weighted by Crippen LogP contribution is -2.35. The summed E-state index contributed by atoms with van der Waals surface area (Å²) in [5.74, 6) is -0.385. The summed E-state index contributed by atoms with van der Waals surface area (Å²) in [6.07, 6.45) is 5.19. The summed E-state index contributed by atoms with van der Waals surface area (Å²) in [4.78, 5) is 39.1. The minimum Gasteiger partial charge on any atom is -0.325 e. The van der Waals surface area contributed by atoms with Gasteiger partial charge in [0.05, 0.1) is 11.8 Å². The van der Waals surface area contributed by atoms with Crippen LogP contribution in [0.5, 0.6) is 0 Å². The number of hydrogen-bond donors (Lipinski definition) is 1. The van der Waals surface area contributed by atoms with Crippen LogP contribution in [0.4, 0.5) is 5.69 Å². The number of hydrogen-bond acceptors (Lipinski definition) is 3. The summed E-state index contributed by atoms with van der Waals surface area (Å²) in [7, 11) is 0. The van der Waals surface area contributed by atoms with Crippen molar-refractivity contribution < 1.29 is 14.4 Å². The topological polar surface area (TPSA) is 66.5 Å². The first-order valence-electron chi connectivity index (χ1n) is 9.44. The number of rotatable bonds is 4. The van der Waals surface area contributed by atoms with Gasteiger partial charge in [0.15, 0.2) is 0 Å². The molecule has 5 heteroatoms. The summed E-state index contributed by atoms with van der Waals surface area (Å²) in [5.41, 5.74) is 0.747. The van der Waals surface area contributed by atoms with Gasteiger partial charge in [-0.25, -0.2) is 0 Å². The molecule has 0 radical (unpaired) electrons. The summed E-state index contributed by atoms with van der Waals surface area (Å²) in [6, 6.07) is 13.6. The summed E-state index contributed by atoms with van der Waals surface area (Å²) >= 11 is 0. The quantitative estimate of drug-likeness (QED) is 0.673. The fourth-order valence-corrected chi connectivity index (χ4v) is 4.94. The predicted molar refractivity (Wildman–Crippen MR) is 102 cm³/mol. The molecular weight excluding hydrogens is 340 g/mol. The number of carbonyl (C=O) groups excluding carboxylic acids is 3. The van der Waals surface area contributed by atoms with Crippen LogP contribution in [0.3, 0.4) is 0 Å². The largest absolute Gasteiger partial charge is 0.325 e. The maximum atomic E-state index is 12.7. The monoisotopic (exact) mass is 360 g/mol. The zero-order valence-electron chi connectivity index (χ0n) is 14.8. The van der Waals surface area contributed by atoms with Crippen LogP contribution >= 0.6 is 0 Å². The van der Waals surface area contributed by atoms with Crippen molar-refractivity contribution in [1.29, 1.82) is 0 Å². The molecule has 2 aromatic rings. The standard InChI is InChI=1S/C22H20N2O3/c25-18(23-17-7-3-5-13-4-1-2-6-16(13)17)10-11-24-21(26)19-14-8-9-15(12-14)20(19)22(24)27/h1-9,14-15,19-20H,10-12H2,(H,23,25)/t14-,15+,19?,20?. The molecule has 1 saturated carbocycles. The number of nitrogens with one attached hydrogen (secondary N) is 1. The first-order chi connectivity index (χ1) is 13.1. The van der Waals surface area contributed by atoms with Gasteiger partial charge in [-0.1, -0.05) is 48.6 Å². The molecule has 1 saturated heterocycles. The molecule has 5 nitrogen and oxygen atoms in total. The molecule has 2 unspecified atom stereocenters. The van der Waals surface area contributed by atoms with Gasteiger partial charge >= 0.3 is 0 Å². The second-order valence-electron chi connectivity index (χ2n) is 7.65. The average Bonchev–Trinajstić information content (AvgIpc) is 3.35. The van der Waals surface area contributed by atoms with Crippen molar-refractivity contribution in [2.75, 3.05) is 11.9 Å². The first kappa shape index (κ1) is 16.2. The first-order valence-corrected chi connectivity index (χ1v) is 9.44. The van der Waals surface area contributed by atoms with E-state index in [1.165, 1.54) is 4.90 Å². The van der Waals surface area contributed by atoms with Crippen molar-refractivity contribution in [3.63, 3.8) is 0 Å². The normalized spacial score (nSPS) is 28.2. The molecule has 2 aromatic carbocycles. The van der Waals surface area contributed by atoms with Gasteiger partial charge < -0.3 is 5.32 Å². The van der Waals surface area contributed by atoms with Crippen LogP contribution in [0.1, 0.15) is 12.8 Å². The van der Waals surface area contributed by atoms with Crippen molar-refractivity contribution in [2.45, 2.75) is 12.8 Å². The molecule has 136 valence electrons. The molecule has 2 bridgehead atoms. The molecular formula is C22H20N2O3. The Morgan fingerprint density at radius 1 is 0.963 bits per heavy atom. The third-order valence-electron chi connectivity index (χ3n) is 6.19. The molecule has 0 aromatic heterocycles. The van der Waals surface area contributed by atoms with Crippen LogP contribution in [0.2, 0.25) is 0 Å². The highest BCUT2D eigenvalue weighted by Crippen LogP contribution is 2.52. The highest BCUT2D eigenvalue weighted by Gasteiger charge is 2.58. The van der Waals surface area contributed by atoms with Gasteiger partial charge in [-0.2, -0.15) is 0 Å². The van der Waals surface area contributed by atoms with E-state index in [0.29, 0.717) is 0 Å². The van der Waals surface area contributed by atoms with Gasteiger partial charge in [0.1, 0.15) is 0 Å². The number of imide groups is 1. The minimum absolute atomic E-state index is 0.0974. The molecule has 2 fully saturated rings. The van der Waals surface area contributed by atoms with Gasteiger partial charge in [-0.3, -0.25) is 19.3 Å². The molecule has 3 amide bonds. The number of benzene rings is 2. The highest BCUT2D eigenvalue weighted by atomic mass is 16.2. The summed E-state index contributed by atoms with van der Waals surface area (Å²) in [6.45, 7) is 0.153. The van der Waals surface area contributed by atoms with E-state index in [1.54, 1.807) is 0 Å². The summed E-state index contributed by atoms with van der Waals surface area (Å²) in [5, 5.41) is 4.94. The smallest absolute Gasteiger partial charge is 0.233 e. The van der Waals surface area contributed by atoms with Crippen molar-refractivity contribution >= 4 is 34.2 Å². The molecule has 1 heterocycles. The SMILES string of the molecule is O=C(CCN1C(=O)C2C(C1=O)[C@H]1C=C[C@@H]2C1)Nc1cccc2ccccc12. The Morgan fingerprint density at radius 3 is 2.37 bits per heavy atom. The van der Waals surface area contributed by atoms with E-state index < -0.39 is 0 Å². The Hall–Kier alpha value is -2.95. The van der Waals surface area contributed by atoms with E-state index in [2.05, 4.69) is 17.5 Å². The van der Waals surface area contributed by atoms with E-state index in [9.17, 15) is 14.4 Å². The number of fused-ring (bicyclic) bond motifs is 6. The number of amides is 3. The lowest BCUT2D eigenvalue weighted by molar-refractivity contribution is -0.140. The van der Waals surface area contributed by atoms with Crippen molar-refractivity contribution in [2.24, 2.45) is 23.7 Å². The Morgan fingerprint density at radius 2 is 1.63 bits per heavy atom. The number of anilines is 1. The zero-order chi connectivity index (χ0) is 18.5. The lowest BCUT2D eigenvalue weighted by atomic mass is 9.85. The average molecular weight is 360 g/mol. The molecule has 1 N–H and O–H groups in total. The number of likely N-dealkylation sites (tertiary alicyclic amines) is 1. The van der Waals surface area contributed by atoms with Gasteiger partial charge in [0, 0.05) is 24.0 Å². The van der Waals surface area contributed by atoms with E-state index in [1.807, 2.05) is 42.5 Å². The van der Waals surface area contributed by atoms with Gasteiger partial charge in [0.25, 0.3) is 0 Å². The highest BCUT2D eigenvalue weighted by molar-refractivity contribution is 6.07. The third-order valence-corrected chi connectivity index (χ3v) is 6.19. The Bertz CT molecular complexity index is 961. The zero-order valence-corrected chi connectivity index (χ0v) is 14.8. The Balaban J connectivity index is 1.26. The summed E-state index contributed by atoms with van der Waals surface area (Å²) < 4.78 is 0. The van der Waals surface area contributed by atoms with Gasteiger partial charge in [0.2, 0.25) is 17.7 Å². The minimum atomic E-state index is -0.200. The van der Waals surface area contributed by atoms with Crippen molar-refractivity contribution in [3.8, 4) is 0 Å². The lowest BCUT2D eigenvalue weighted by Gasteiger charge is -2.17. The molecule has 0 spiro atoms. The van der Waals surface area contributed by atoms with Crippen LogP contribution in [0.15, 0.2) is 54.6 Å². The van der Waals surface area contributed by atoms with Crippen LogP contribution in [0.25, 0.3) is 10.8 Å². The van der Waals surface area contributed by atoms with Crippen molar-refractivity contribution in [1.82, 2.24) is 4.90 Å². The number of allylic oxidation sites excluding steroid dienone is 2. The van der Waals surface area contributed by atoms with Crippen LogP contribution in [-0.4, -0.2) is 29.2 Å². The second-order valence-corrected chi connectivity index (χ2v) is 7.65. The molecule has 4 atom stereocenters. The molecule has 1 aliphatic heterocycles. The Kier molecular flexibility index (Phi) is 3.64. The maximum absolute atomic E-state index is 12.7. The van der Waals surface area contributed by atoms with E-state index in [0.717, 1.165) is 22.9 Å². The number of nitrogens with zero attached hydrogens (tertiary/aromatic N) is 1. The third kappa shape index (κ3) is 2.49. The van der Waals surface area contributed by atoms with Crippen LogP contribution in [-0.2, 0) is 14.4 Å². The second kappa shape index (κ2) is 6.05. The van der Waals surface area contributed by atoms with Crippen LogP contribution in [0, 0.1) is 23.7 Å². The fraction of sp³-hybridized carbons (Fsp3) is 0.318. The van der Waals surface area contributed by atoms with Gasteiger partial charge in [-0.05, 0) is 29.7 Å². The van der Waals surface area contributed by atoms with E-state index in [-0.39, 0.29) is 54.4 Å². The van der Waals surface area contributed by atoms with E-state index in [4.69, 9.17) is 0 Å². The maximum Gasteiger partial charge on any atom is 0.233 e. The van der Waals surface area contributed by atoms with Gasteiger partial charge in [-0.15, -0.1) is 0 Å². The Labute approximate surface area is 157 Å². The molecule has 3 aliphatic rings. The fourth-order valence-electron chi connectivity index (χ4n) is 4.94. The molecule has 5 rings (SSSR count). The predicted octanol–water partition coefficient (Wildman–Crippen LogP) is 2.98. The molecule has 2 aliphatic carbocycles.